The first-order valence-corrected chi connectivity index (χ1v) is 10.3. The molecule has 0 radical (unpaired) electrons. The second kappa shape index (κ2) is 11.5. The molecule has 2 N–H and O–H groups in total. The molecule has 0 aromatic heterocycles. The maximum atomic E-state index is 12.7. The Kier molecular flexibility index (Phi) is 8.22. The van der Waals surface area contributed by atoms with Gasteiger partial charge in [-0.2, -0.15) is 0 Å². The van der Waals surface area contributed by atoms with E-state index >= 15 is 0 Å². The van der Waals surface area contributed by atoms with E-state index in [-0.39, 0.29) is 18.4 Å². The minimum absolute atomic E-state index is 0.157. The predicted octanol–water partition coefficient (Wildman–Crippen LogP) is 3.90. The number of amides is 2. The van der Waals surface area contributed by atoms with Gasteiger partial charge in [0.2, 0.25) is 5.91 Å². The quantitative estimate of drug-likeness (QED) is 0.507. The van der Waals surface area contributed by atoms with Crippen molar-refractivity contribution in [2.75, 3.05) is 44.5 Å². The molecule has 0 spiro atoms. The number of carbonyl (C=O) groups excluding carboxylic acids is 2. The number of anilines is 2. The van der Waals surface area contributed by atoms with Crippen LogP contribution in [0.15, 0.2) is 78.9 Å². The average Bonchev–Trinajstić information content (AvgIpc) is 2.80. The largest absolute Gasteiger partial charge is 0.493 e. The normalized spacial score (nSPS) is 10.5. The van der Waals surface area contributed by atoms with Gasteiger partial charge in [-0.25, -0.2) is 0 Å². The number of nitrogens with one attached hydrogen (secondary N) is 2. The van der Waals surface area contributed by atoms with E-state index in [4.69, 9.17) is 9.47 Å². The molecular weight excluding hydrogens is 406 g/mol. The highest BCUT2D eigenvalue weighted by Gasteiger charge is 2.14. The summed E-state index contributed by atoms with van der Waals surface area (Å²) in [5.41, 5.74) is 1.55. The van der Waals surface area contributed by atoms with Crippen molar-refractivity contribution in [1.29, 1.82) is 0 Å². The van der Waals surface area contributed by atoms with Crippen molar-refractivity contribution >= 4 is 23.2 Å². The molecular formula is C25H27N3O4. The third kappa shape index (κ3) is 6.58. The summed E-state index contributed by atoms with van der Waals surface area (Å²) in [6, 6.07) is 23.5. The van der Waals surface area contributed by atoms with Gasteiger partial charge < -0.3 is 20.1 Å². The third-order valence-electron chi connectivity index (χ3n) is 4.69. The van der Waals surface area contributed by atoms with E-state index in [0.29, 0.717) is 41.6 Å². The van der Waals surface area contributed by atoms with E-state index in [1.807, 2.05) is 54.4 Å². The first kappa shape index (κ1) is 22.8. The number of carbonyl (C=O) groups is 2. The lowest BCUT2D eigenvalue weighted by Gasteiger charge is -2.18. The van der Waals surface area contributed by atoms with Crippen LogP contribution in [0.5, 0.6) is 11.5 Å². The van der Waals surface area contributed by atoms with Crippen molar-refractivity contribution in [1.82, 2.24) is 4.90 Å². The first-order chi connectivity index (χ1) is 15.6. The summed E-state index contributed by atoms with van der Waals surface area (Å²) in [7, 11) is 3.43. The summed E-state index contributed by atoms with van der Waals surface area (Å²) in [6.07, 6.45) is 0. The molecule has 0 bridgehead atoms. The Bertz CT molecular complexity index is 1040. The summed E-state index contributed by atoms with van der Waals surface area (Å²) in [5, 5.41) is 5.67. The van der Waals surface area contributed by atoms with Gasteiger partial charge in [-0.3, -0.25) is 14.5 Å². The van der Waals surface area contributed by atoms with Gasteiger partial charge in [0.05, 0.1) is 24.9 Å². The second-order valence-corrected chi connectivity index (χ2v) is 7.15. The highest BCUT2D eigenvalue weighted by Crippen LogP contribution is 2.25. The van der Waals surface area contributed by atoms with Gasteiger partial charge in [-0.05, 0) is 43.4 Å². The standard InChI is InChI=1S/C25H27N3O4/c1-28(16-17-32-23-15-9-8-14-22(23)31-2)18-24(29)27-21-13-7-6-12-20(21)25(30)26-19-10-4-3-5-11-19/h3-15H,16-18H2,1-2H3,(H,26,30)(H,27,29). The summed E-state index contributed by atoms with van der Waals surface area (Å²) < 4.78 is 11.0. The van der Waals surface area contributed by atoms with Gasteiger partial charge in [0.1, 0.15) is 6.61 Å². The minimum atomic E-state index is -0.286. The van der Waals surface area contributed by atoms with E-state index in [1.165, 1.54) is 0 Å². The zero-order valence-corrected chi connectivity index (χ0v) is 18.2. The van der Waals surface area contributed by atoms with Crippen molar-refractivity contribution in [3.8, 4) is 11.5 Å². The molecule has 0 heterocycles. The van der Waals surface area contributed by atoms with Gasteiger partial charge in [-0.1, -0.05) is 42.5 Å². The van der Waals surface area contributed by atoms with Crippen LogP contribution in [0.4, 0.5) is 11.4 Å². The second-order valence-electron chi connectivity index (χ2n) is 7.15. The Morgan fingerprint density at radius 1 is 0.844 bits per heavy atom. The van der Waals surface area contributed by atoms with Crippen LogP contribution in [-0.4, -0.2) is 50.6 Å². The molecule has 0 aliphatic heterocycles. The molecule has 3 rings (SSSR count). The zero-order valence-electron chi connectivity index (χ0n) is 18.2. The number of methoxy groups -OCH3 is 1. The smallest absolute Gasteiger partial charge is 0.257 e. The SMILES string of the molecule is COc1ccccc1OCCN(C)CC(=O)Nc1ccccc1C(=O)Nc1ccccc1. The average molecular weight is 434 g/mol. The number of rotatable bonds is 10. The van der Waals surface area contributed by atoms with Crippen LogP contribution in [0, 0.1) is 0 Å². The Hall–Kier alpha value is -3.84. The Balaban J connectivity index is 1.51. The maximum Gasteiger partial charge on any atom is 0.257 e. The number of para-hydroxylation sites is 4. The van der Waals surface area contributed by atoms with Gasteiger partial charge in [0, 0.05) is 12.2 Å². The molecule has 0 atom stereocenters. The summed E-state index contributed by atoms with van der Waals surface area (Å²) in [6.45, 7) is 1.10. The molecule has 32 heavy (non-hydrogen) atoms. The highest BCUT2D eigenvalue weighted by atomic mass is 16.5. The monoisotopic (exact) mass is 433 g/mol. The molecule has 3 aromatic rings. The third-order valence-corrected chi connectivity index (χ3v) is 4.69. The van der Waals surface area contributed by atoms with Crippen molar-refractivity contribution in [2.45, 2.75) is 0 Å². The van der Waals surface area contributed by atoms with Crippen molar-refractivity contribution in [2.24, 2.45) is 0 Å². The van der Waals surface area contributed by atoms with Crippen LogP contribution in [0.2, 0.25) is 0 Å². The Morgan fingerprint density at radius 2 is 1.50 bits per heavy atom. The number of likely N-dealkylation sites (N-methyl/N-ethyl adjacent to an activating group) is 1. The number of hydrogen-bond acceptors (Lipinski definition) is 5. The summed E-state index contributed by atoms with van der Waals surface area (Å²) in [5.74, 6) is 0.819. The lowest BCUT2D eigenvalue weighted by atomic mass is 10.1. The molecule has 0 saturated carbocycles. The van der Waals surface area contributed by atoms with E-state index in [2.05, 4.69) is 10.6 Å². The summed E-state index contributed by atoms with van der Waals surface area (Å²) in [4.78, 5) is 27.1. The topological polar surface area (TPSA) is 79.9 Å². The summed E-state index contributed by atoms with van der Waals surface area (Å²) >= 11 is 0. The van der Waals surface area contributed by atoms with Crippen LogP contribution in [0.1, 0.15) is 10.4 Å². The molecule has 2 amide bonds. The van der Waals surface area contributed by atoms with Crippen LogP contribution >= 0.6 is 0 Å². The van der Waals surface area contributed by atoms with E-state index in [1.54, 1.807) is 43.5 Å². The fourth-order valence-electron chi connectivity index (χ4n) is 3.07. The maximum absolute atomic E-state index is 12.7. The number of hydrogen-bond donors (Lipinski definition) is 2. The lowest BCUT2D eigenvalue weighted by molar-refractivity contribution is -0.117. The number of benzene rings is 3. The highest BCUT2D eigenvalue weighted by molar-refractivity contribution is 6.10. The van der Waals surface area contributed by atoms with E-state index < -0.39 is 0 Å². The Morgan fingerprint density at radius 3 is 2.25 bits per heavy atom. The molecule has 0 fully saturated rings. The molecule has 166 valence electrons. The van der Waals surface area contributed by atoms with Crippen molar-refractivity contribution in [3.05, 3.63) is 84.4 Å². The molecule has 0 unspecified atom stereocenters. The zero-order chi connectivity index (χ0) is 22.8. The van der Waals surface area contributed by atoms with Gasteiger partial charge in [0.25, 0.3) is 5.91 Å². The van der Waals surface area contributed by atoms with E-state index in [0.717, 1.165) is 0 Å². The fraction of sp³-hybridized carbons (Fsp3) is 0.200. The molecule has 0 aliphatic rings. The van der Waals surface area contributed by atoms with Crippen molar-refractivity contribution < 1.29 is 19.1 Å². The molecule has 7 nitrogen and oxygen atoms in total. The predicted molar refractivity (Wildman–Crippen MR) is 125 cm³/mol. The van der Waals surface area contributed by atoms with Crippen LogP contribution in [0.3, 0.4) is 0 Å². The van der Waals surface area contributed by atoms with Crippen molar-refractivity contribution in [3.63, 3.8) is 0 Å². The van der Waals surface area contributed by atoms with Crippen LogP contribution in [0.25, 0.3) is 0 Å². The van der Waals surface area contributed by atoms with Gasteiger partial charge in [-0.15, -0.1) is 0 Å². The lowest BCUT2D eigenvalue weighted by Crippen LogP contribution is -2.33. The minimum Gasteiger partial charge on any atom is -0.493 e. The molecule has 0 aliphatic carbocycles. The van der Waals surface area contributed by atoms with Crippen LogP contribution in [-0.2, 0) is 4.79 Å². The first-order valence-electron chi connectivity index (χ1n) is 10.3. The van der Waals surface area contributed by atoms with Crippen LogP contribution < -0.4 is 20.1 Å². The molecule has 3 aromatic carbocycles. The van der Waals surface area contributed by atoms with E-state index in [9.17, 15) is 9.59 Å². The molecule has 7 heteroatoms. The van der Waals surface area contributed by atoms with Gasteiger partial charge >= 0.3 is 0 Å². The number of nitrogens with zero attached hydrogens (tertiary/aromatic N) is 1. The number of ether oxygens (including phenoxy) is 2. The van der Waals surface area contributed by atoms with Gasteiger partial charge in [0.15, 0.2) is 11.5 Å². The Labute approximate surface area is 188 Å². The molecule has 0 saturated heterocycles. The fourth-order valence-corrected chi connectivity index (χ4v) is 3.07.